The SMILES string of the molecule is CCC(NC(=O)COCCN)c1cccs1. The zero-order valence-electron chi connectivity index (χ0n) is 9.44. The van der Waals surface area contributed by atoms with Crippen molar-refractivity contribution in [3.63, 3.8) is 0 Å². The van der Waals surface area contributed by atoms with Crippen LogP contribution in [0.2, 0.25) is 0 Å². The van der Waals surface area contributed by atoms with Crippen LogP contribution in [0, 0.1) is 0 Å². The summed E-state index contributed by atoms with van der Waals surface area (Å²) in [6.07, 6.45) is 0.878. The van der Waals surface area contributed by atoms with Crippen molar-refractivity contribution in [2.45, 2.75) is 19.4 Å². The maximum absolute atomic E-state index is 11.5. The Balaban J connectivity index is 2.36. The highest BCUT2D eigenvalue weighted by atomic mass is 32.1. The first-order valence-corrected chi connectivity index (χ1v) is 6.26. The molecule has 1 amide bonds. The minimum Gasteiger partial charge on any atom is -0.370 e. The van der Waals surface area contributed by atoms with Crippen LogP contribution in [0.25, 0.3) is 0 Å². The molecule has 0 radical (unpaired) electrons. The number of nitrogens with one attached hydrogen (secondary N) is 1. The van der Waals surface area contributed by atoms with Crippen LogP contribution in [0.1, 0.15) is 24.3 Å². The summed E-state index contributed by atoms with van der Waals surface area (Å²) in [5.41, 5.74) is 5.26. The van der Waals surface area contributed by atoms with Gasteiger partial charge in [-0.2, -0.15) is 0 Å². The molecule has 0 aliphatic rings. The second kappa shape index (κ2) is 7.38. The van der Waals surface area contributed by atoms with Crippen LogP contribution >= 0.6 is 11.3 Å². The highest BCUT2D eigenvalue weighted by Gasteiger charge is 2.13. The minimum atomic E-state index is -0.0892. The average Bonchev–Trinajstić information content (AvgIpc) is 2.79. The van der Waals surface area contributed by atoms with Crippen LogP contribution in [0.4, 0.5) is 0 Å². The third-order valence-corrected chi connectivity index (χ3v) is 3.11. The van der Waals surface area contributed by atoms with Gasteiger partial charge in [0.2, 0.25) is 5.91 Å². The van der Waals surface area contributed by atoms with Crippen molar-refractivity contribution in [1.29, 1.82) is 0 Å². The van der Waals surface area contributed by atoms with Gasteiger partial charge < -0.3 is 15.8 Å². The van der Waals surface area contributed by atoms with E-state index in [9.17, 15) is 4.79 Å². The topological polar surface area (TPSA) is 64.3 Å². The smallest absolute Gasteiger partial charge is 0.246 e. The highest BCUT2D eigenvalue weighted by molar-refractivity contribution is 7.10. The quantitative estimate of drug-likeness (QED) is 0.708. The third-order valence-electron chi connectivity index (χ3n) is 2.13. The lowest BCUT2D eigenvalue weighted by atomic mass is 10.2. The standard InChI is InChI=1S/C11H18N2O2S/c1-2-9(10-4-3-7-16-10)13-11(14)8-15-6-5-12/h3-4,7,9H,2,5-6,8,12H2,1H3,(H,13,14). The van der Waals surface area contributed by atoms with E-state index >= 15 is 0 Å². The van der Waals surface area contributed by atoms with Crippen molar-refractivity contribution in [3.8, 4) is 0 Å². The molecule has 1 unspecified atom stereocenters. The maximum atomic E-state index is 11.5. The van der Waals surface area contributed by atoms with Crippen molar-refractivity contribution in [1.82, 2.24) is 5.32 Å². The molecule has 0 spiro atoms. The van der Waals surface area contributed by atoms with E-state index in [0.717, 1.165) is 6.42 Å². The fourth-order valence-electron chi connectivity index (χ4n) is 1.35. The Morgan fingerprint density at radius 3 is 3.06 bits per heavy atom. The van der Waals surface area contributed by atoms with Gasteiger partial charge in [0.25, 0.3) is 0 Å². The van der Waals surface area contributed by atoms with E-state index in [0.29, 0.717) is 13.2 Å². The number of rotatable bonds is 7. The predicted octanol–water partition coefficient (Wildman–Crippen LogP) is 1.29. The molecule has 0 saturated carbocycles. The van der Waals surface area contributed by atoms with Gasteiger partial charge in [0.15, 0.2) is 0 Å². The summed E-state index contributed by atoms with van der Waals surface area (Å²) in [5.74, 6) is -0.0892. The van der Waals surface area contributed by atoms with Gasteiger partial charge >= 0.3 is 0 Å². The van der Waals surface area contributed by atoms with Gasteiger partial charge in [-0.1, -0.05) is 13.0 Å². The molecule has 0 aliphatic heterocycles. The van der Waals surface area contributed by atoms with Gasteiger partial charge in [-0.3, -0.25) is 4.79 Å². The summed E-state index contributed by atoms with van der Waals surface area (Å²) in [5, 5.41) is 4.94. The van der Waals surface area contributed by atoms with E-state index in [2.05, 4.69) is 5.32 Å². The molecule has 90 valence electrons. The van der Waals surface area contributed by atoms with Gasteiger partial charge in [-0.25, -0.2) is 0 Å². The minimum absolute atomic E-state index is 0.0824. The molecule has 1 heterocycles. The van der Waals surface area contributed by atoms with Crippen molar-refractivity contribution in [2.75, 3.05) is 19.8 Å². The molecule has 0 fully saturated rings. The van der Waals surface area contributed by atoms with Crippen LogP contribution in [0.5, 0.6) is 0 Å². The number of carbonyl (C=O) groups is 1. The van der Waals surface area contributed by atoms with Gasteiger partial charge in [0, 0.05) is 11.4 Å². The second-order valence-electron chi connectivity index (χ2n) is 3.39. The lowest BCUT2D eigenvalue weighted by Gasteiger charge is -2.15. The molecule has 0 aliphatic carbocycles. The predicted molar refractivity (Wildman–Crippen MR) is 65.4 cm³/mol. The van der Waals surface area contributed by atoms with E-state index in [1.54, 1.807) is 11.3 Å². The molecule has 0 aromatic carbocycles. The van der Waals surface area contributed by atoms with Gasteiger partial charge in [-0.05, 0) is 17.9 Å². The number of hydrogen-bond donors (Lipinski definition) is 2. The molecule has 0 bridgehead atoms. The molecule has 0 saturated heterocycles. The van der Waals surface area contributed by atoms with Crippen LogP contribution in [-0.4, -0.2) is 25.7 Å². The molecule has 3 N–H and O–H groups in total. The molecule has 16 heavy (non-hydrogen) atoms. The number of thiophene rings is 1. The largest absolute Gasteiger partial charge is 0.370 e. The summed E-state index contributed by atoms with van der Waals surface area (Å²) >= 11 is 1.65. The zero-order valence-corrected chi connectivity index (χ0v) is 10.3. The summed E-state index contributed by atoms with van der Waals surface area (Å²) in [6.45, 7) is 2.99. The first-order valence-electron chi connectivity index (χ1n) is 5.38. The van der Waals surface area contributed by atoms with Crippen molar-refractivity contribution in [2.24, 2.45) is 5.73 Å². The highest BCUT2D eigenvalue weighted by Crippen LogP contribution is 2.21. The van der Waals surface area contributed by atoms with Gasteiger partial charge in [0.05, 0.1) is 12.6 Å². The summed E-state index contributed by atoms with van der Waals surface area (Å²) in [7, 11) is 0. The summed E-state index contributed by atoms with van der Waals surface area (Å²) < 4.78 is 5.07. The first kappa shape index (κ1) is 13.2. The molecule has 5 heteroatoms. The zero-order chi connectivity index (χ0) is 11.8. The Labute approximate surface area is 99.8 Å². The fraction of sp³-hybridized carbons (Fsp3) is 0.545. The molecule has 1 atom stereocenters. The Hall–Kier alpha value is -0.910. The van der Waals surface area contributed by atoms with Gasteiger partial charge in [0.1, 0.15) is 6.61 Å². The molecule has 1 rings (SSSR count). The lowest BCUT2D eigenvalue weighted by Crippen LogP contribution is -2.31. The normalized spacial score (nSPS) is 12.4. The Morgan fingerprint density at radius 1 is 1.69 bits per heavy atom. The van der Waals surface area contributed by atoms with Crippen molar-refractivity contribution >= 4 is 17.2 Å². The fourth-order valence-corrected chi connectivity index (χ4v) is 2.21. The lowest BCUT2D eigenvalue weighted by molar-refractivity contribution is -0.126. The van der Waals surface area contributed by atoms with E-state index in [1.807, 2.05) is 24.4 Å². The summed E-state index contributed by atoms with van der Waals surface area (Å²) in [4.78, 5) is 12.7. The third kappa shape index (κ3) is 4.30. The molecule has 4 nitrogen and oxygen atoms in total. The van der Waals surface area contributed by atoms with Crippen LogP contribution in [-0.2, 0) is 9.53 Å². The van der Waals surface area contributed by atoms with E-state index in [4.69, 9.17) is 10.5 Å². The van der Waals surface area contributed by atoms with Crippen LogP contribution in [0.3, 0.4) is 0 Å². The molecular formula is C11H18N2O2S. The second-order valence-corrected chi connectivity index (χ2v) is 4.36. The Kier molecular flexibility index (Phi) is 6.07. The van der Waals surface area contributed by atoms with Crippen LogP contribution < -0.4 is 11.1 Å². The van der Waals surface area contributed by atoms with Crippen molar-refractivity contribution < 1.29 is 9.53 Å². The van der Waals surface area contributed by atoms with Gasteiger partial charge in [-0.15, -0.1) is 11.3 Å². The average molecular weight is 242 g/mol. The number of nitrogens with two attached hydrogens (primary N) is 1. The Morgan fingerprint density at radius 2 is 2.50 bits per heavy atom. The number of amides is 1. The van der Waals surface area contributed by atoms with Crippen LogP contribution in [0.15, 0.2) is 17.5 Å². The number of hydrogen-bond acceptors (Lipinski definition) is 4. The Bertz CT molecular complexity index is 301. The molecule has 1 aromatic heterocycles. The van der Waals surface area contributed by atoms with E-state index in [1.165, 1.54) is 4.88 Å². The summed E-state index contributed by atoms with van der Waals surface area (Å²) in [6, 6.07) is 4.11. The number of ether oxygens (including phenoxy) is 1. The van der Waals surface area contributed by atoms with E-state index < -0.39 is 0 Å². The number of carbonyl (C=O) groups excluding carboxylic acids is 1. The monoisotopic (exact) mass is 242 g/mol. The molecular weight excluding hydrogens is 224 g/mol. The first-order chi connectivity index (χ1) is 7.77. The molecule has 1 aromatic rings. The maximum Gasteiger partial charge on any atom is 0.246 e. The van der Waals surface area contributed by atoms with Crippen molar-refractivity contribution in [3.05, 3.63) is 22.4 Å². The van der Waals surface area contributed by atoms with E-state index in [-0.39, 0.29) is 18.6 Å².